The average molecular weight is 353 g/mol. The summed E-state index contributed by atoms with van der Waals surface area (Å²) in [5.74, 6) is -0.592. The van der Waals surface area contributed by atoms with Gasteiger partial charge in [0.25, 0.3) is 5.91 Å². The van der Waals surface area contributed by atoms with Crippen LogP contribution in [0.15, 0.2) is 43.0 Å². The first kappa shape index (κ1) is 16.5. The number of amides is 1. The van der Waals surface area contributed by atoms with Crippen molar-refractivity contribution < 1.29 is 9.18 Å². The SMILES string of the molecule is C[C@]1(F)CCC[C@H]1Nc1c(C(N)=O)cnn2cc(-c3cccnc3)cc12. The van der Waals surface area contributed by atoms with Gasteiger partial charge in [-0.1, -0.05) is 6.07 Å². The van der Waals surface area contributed by atoms with Crippen molar-refractivity contribution in [1.82, 2.24) is 14.6 Å². The van der Waals surface area contributed by atoms with Crippen molar-refractivity contribution in [3.63, 3.8) is 0 Å². The zero-order valence-corrected chi connectivity index (χ0v) is 14.4. The van der Waals surface area contributed by atoms with E-state index in [1.54, 1.807) is 23.8 Å². The highest BCUT2D eigenvalue weighted by atomic mass is 19.1. The summed E-state index contributed by atoms with van der Waals surface area (Å²) in [7, 11) is 0. The molecule has 3 aromatic heterocycles. The molecule has 7 heteroatoms. The molecule has 1 aliphatic rings. The number of rotatable bonds is 4. The van der Waals surface area contributed by atoms with Crippen LogP contribution >= 0.6 is 0 Å². The monoisotopic (exact) mass is 353 g/mol. The minimum absolute atomic E-state index is 0.260. The van der Waals surface area contributed by atoms with Gasteiger partial charge in [0.2, 0.25) is 0 Å². The summed E-state index contributed by atoms with van der Waals surface area (Å²) in [6, 6.07) is 5.33. The lowest BCUT2D eigenvalue weighted by molar-refractivity contribution is 0.1000. The summed E-state index contributed by atoms with van der Waals surface area (Å²) in [6.07, 6.45) is 8.75. The van der Waals surface area contributed by atoms with Gasteiger partial charge in [0.1, 0.15) is 5.67 Å². The van der Waals surface area contributed by atoms with E-state index < -0.39 is 11.6 Å². The maximum absolute atomic E-state index is 14.8. The fourth-order valence-corrected chi connectivity index (χ4v) is 3.61. The second-order valence-corrected chi connectivity index (χ2v) is 6.97. The first-order chi connectivity index (χ1) is 12.5. The number of pyridine rings is 1. The van der Waals surface area contributed by atoms with Gasteiger partial charge in [0.15, 0.2) is 0 Å². The lowest BCUT2D eigenvalue weighted by Gasteiger charge is -2.26. The van der Waals surface area contributed by atoms with Crippen LogP contribution in [-0.4, -0.2) is 32.2 Å². The van der Waals surface area contributed by atoms with Crippen molar-refractivity contribution in [1.29, 1.82) is 0 Å². The minimum atomic E-state index is -1.33. The summed E-state index contributed by atoms with van der Waals surface area (Å²) in [5, 5.41) is 7.52. The Morgan fingerprint density at radius 3 is 2.92 bits per heavy atom. The van der Waals surface area contributed by atoms with E-state index in [1.807, 2.05) is 24.4 Å². The third-order valence-electron chi connectivity index (χ3n) is 5.10. The zero-order valence-electron chi connectivity index (χ0n) is 14.4. The normalized spacial score (nSPS) is 22.6. The quantitative estimate of drug-likeness (QED) is 0.754. The number of carbonyl (C=O) groups is 1. The molecule has 0 saturated heterocycles. The zero-order chi connectivity index (χ0) is 18.3. The van der Waals surface area contributed by atoms with Gasteiger partial charge in [0.05, 0.1) is 29.0 Å². The largest absolute Gasteiger partial charge is 0.377 e. The molecule has 134 valence electrons. The van der Waals surface area contributed by atoms with Crippen LogP contribution in [0.5, 0.6) is 0 Å². The Morgan fingerprint density at radius 2 is 2.27 bits per heavy atom. The van der Waals surface area contributed by atoms with Gasteiger partial charge in [0, 0.05) is 29.7 Å². The van der Waals surface area contributed by atoms with Crippen molar-refractivity contribution in [3.05, 3.63) is 48.5 Å². The van der Waals surface area contributed by atoms with E-state index >= 15 is 0 Å². The summed E-state index contributed by atoms with van der Waals surface area (Å²) in [4.78, 5) is 16.0. The van der Waals surface area contributed by atoms with E-state index in [9.17, 15) is 9.18 Å². The third-order valence-corrected chi connectivity index (χ3v) is 5.10. The van der Waals surface area contributed by atoms with E-state index in [2.05, 4.69) is 15.4 Å². The molecule has 1 saturated carbocycles. The first-order valence-electron chi connectivity index (χ1n) is 8.63. The van der Waals surface area contributed by atoms with Crippen LogP contribution in [0.4, 0.5) is 10.1 Å². The van der Waals surface area contributed by atoms with Gasteiger partial charge in [-0.25, -0.2) is 8.91 Å². The van der Waals surface area contributed by atoms with E-state index in [1.165, 1.54) is 6.20 Å². The van der Waals surface area contributed by atoms with Crippen molar-refractivity contribution in [2.75, 3.05) is 5.32 Å². The van der Waals surface area contributed by atoms with Gasteiger partial charge in [-0.05, 0) is 38.3 Å². The van der Waals surface area contributed by atoms with Gasteiger partial charge >= 0.3 is 0 Å². The predicted octanol–water partition coefficient (Wildman–Crippen LogP) is 3.19. The lowest BCUT2D eigenvalue weighted by atomic mass is 10.0. The van der Waals surface area contributed by atoms with E-state index in [0.29, 0.717) is 24.0 Å². The van der Waals surface area contributed by atoms with Crippen molar-refractivity contribution in [2.24, 2.45) is 5.73 Å². The molecule has 3 heterocycles. The summed E-state index contributed by atoms with van der Waals surface area (Å²) in [6.45, 7) is 1.60. The number of carbonyl (C=O) groups excluding carboxylic acids is 1. The molecule has 3 N–H and O–H groups in total. The number of nitrogens with two attached hydrogens (primary N) is 1. The van der Waals surface area contributed by atoms with Crippen molar-refractivity contribution >= 4 is 17.1 Å². The predicted molar refractivity (Wildman–Crippen MR) is 97.7 cm³/mol. The molecular weight excluding hydrogens is 333 g/mol. The molecule has 6 nitrogen and oxygen atoms in total. The van der Waals surface area contributed by atoms with Crippen LogP contribution < -0.4 is 11.1 Å². The first-order valence-corrected chi connectivity index (χ1v) is 8.63. The maximum atomic E-state index is 14.8. The number of fused-ring (bicyclic) bond motifs is 1. The third kappa shape index (κ3) is 2.79. The molecule has 0 unspecified atom stereocenters. The molecule has 0 spiro atoms. The number of hydrogen-bond donors (Lipinski definition) is 2. The number of alkyl halides is 1. The molecule has 1 fully saturated rings. The number of anilines is 1. The lowest BCUT2D eigenvalue weighted by Crippen LogP contribution is -2.36. The summed E-state index contributed by atoms with van der Waals surface area (Å²) < 4.78 is 16.4. The molecule has 1 aliphatic carbocycles. The van der Waals surface area contributed by atoms with E-state index in [-0.39, 0.29) is 11.6 Å². The average Bonchev–Trinajstić information content (AvgIpc) is 3.19. The minimum Gasteiger partial charge on any atom is -0.377 e. The van der Waals surface area contributed by atoms with Crippen LogP contribution in [0, 0.1) is 0 Å². The topological polar surface area (TPSA) is 85.3 Å². The smallest absolute Gasteiger partial charge is 0.252 e. The molecule has 3 aromatic rings. The Hall–Kier alpha value is -2.96. The number of halogens is 1. The highest BCUT2D eigenvalue weighted by Gasteiger charge is 2.39. The second kappa shape index (κ2) is 6.09. The van der Waals surface area contributed by atoms with Crippen LogP contribution in [-0.2, 0) is 0 Å². The van der Waals surface area contributed by atoms with Gasteiger partial charge in [-0.3, -0.25) is 9.78 Å². The van der Waals surface area contributed by atoms with Crippen LogP contribution in [0.25, 0.3) is 16.6 Å². The maximum Gasteiger partial charge on any atom is 0.252 e. The van der Waals surface area contributed by atoms with Crippen LogP contribution in [0.3, 0.4) is 0 Å². The molecule has 2 atom stereocenters. The Bertz CT molecular complexity index is 967. The molecule has 26 heavy (non-hydrogen) atoms. The Morgan fingerprint density at radius 1 is 1.42 bits per heavy atom. The number of primary amides is 1. The van der Waals surface area contributed by atoms with E-state index in [0.717, 1.165) is 17.5 Å². The molecule has 4 rings (SSSR count). The highest BCUT2D eigenvalue weighted by molar-refractivity contribution is 6.02. The second-order valence-electron chi connectivity index (χ2n) is 6.97. The number of aromatic nitrogens is 3. The Balaban J connectivity index is 1.84. The van der Waals surface area contributed by atoms with Gasteiger partial charge in [-0.15, -0.1) is 0 Å². The molecule has 0 aliphatic heterocycles. The Labute approximate surface area is 150 Å². The van der Waals surface area contributed by atoms with Gasteiger partial charge < -0.3 is 11.1 Å². The highest BCUT2D eigenvalue weighted by Crippen LogP contribution is 2.37. The summed E-state index contributed by atoms with van der Waals surface area (Å²) in [5.41, 5.74) is 7.52. The molecule has 0 aromatic carbocycles. The van der Waals surface area contributed by atoms with E-state index in [4.69, 9.17) is 5.73 Å². The fourth-order valence-electron chi connectivity index (χ4n) is 3.61. The molecule has 0 bridgehead atoms. The van der Waals surface area contributed by atoms with Gasteiger partial charge in [-0.2, -0.15) is 5.10 Å². The fraction of sp³-hybridized carbons (Fsp3) is 0.316. The number of nitrogens with zero attached hydrogens (tertiary/aromatic N) is 3. The number of nitrogens with one attached hydrogen (secondary N) is 1. The molecule has 0 radical (unpaired) electrons. The standard InChI is InChI=1S/C19H20FN5O/c1-19(20)6-2-5-16(19)24-17-14(18(21)26)10-23-25-11-13(8-15(17)25)12-4-3-7-22-9-12/h3-4,7-11,16,24H,2,5-6H2,1H3,(H2,21,26)/t16-,19+/m1/s1. The van der Waals surface area contributed by atoms with Crippen molar-refractivity contribution in [2.45, 2.75) is 37.9 Å². The van der Waals surface area contributed by atoms with Crippen LogP contribution in [0.2, 0.25) is 0 Å². The molecule has 1 amide bonds. The summed E-state index contributed by atoms with van der Waals surface area (Å²) >= 11 is 0. The van der Waals surface area contributed by atoms with Crippen molar-refractivity contribution in [3.8, 4) is 11.1 Å². The Kier molecular flexibility index (Phi) is 3.86. The van der Waals surface area contributed by atoms with Crippen LogP contribution in [0.1, 0.15) is 36.5 Å². The number of hydrogen-bond acceptors (Lipinski definition) is 4. The molecular formula is C19H20FN5O.